The van der Waals surface area contributed by atoms with Gasteiger partial charge in [0.05, 0.1) is 10.7 Å². The van der Waals surface area contributed by atoms with Gasteiger partial charge in [-0.2, -0.15) is 0 Å². The molecule has 14 heavy (non-hydrogen) atoms. The Hall–Kier alpha value is -0.150. The molecule has 0 N–H and O–H groups in total. The quantitative estimate of drug-likeness (QED) is 0.720. The first-order valence-electron chi connectivity index (χ1n) is 3.59. The molecule has 0 aliphatic rings. The third kappa shape index (κ3) is 2.26. The Kier molecular flexibility index (Phi) is 3.90. The van der Waals surface area contributed by atoms with E-state index in [1.165, 1.54) is 0 Å². The van der Waals surface area contributed by atoms with E-state index in [0.29, 0.717) is 10.7 Å². The predicted octanol–water partition coefficient (Wildman–Crippen LogP) is 3.89. The van der Waals surface area contributed by atoms with Crippen molar-refractivity contribution in [3.8, 4) is 0 Å². The molecule has 0 spiro atoms. The topological polar surface area (TPSA) is 17.3 Å². The van der Waals surface area contributed by atoms with Crippen LogP contribution >= 0.6 is 47.2 Å². The Balaban J connectivity index is 0.000000980. The molecule has 76 valence electrons. The highest BCUT2D eigenvalue weighted by molar-refractivity contribution is 6.43. The first kappa shape index (κ1) is 11.9. The van der Waals surface area contributed by atoms with Crippen molar-refractivity contribution >= 4 is 52.9 Å². The van der Waals surface area contributed by atoms with Gasteiger partial charge in [0.25, 0.3) is 0 Å². The van der Waals surface area contributed by atoms with Gasteiger partial charge in [-0.1, -0.05) is 34.8 Å². The van der Waals surface area contributed by atoms with Crippen LogP contribution < -0.4 is 0 Å². The molecular formula is C8H6Cl4N2. The average molecular weight is 272 g/mol. The van der Waals surface area contributed by atoms with Crippen molar-refractivity contribution in [1.82, 2.24) is 9.38 Å². The van der Waals surface area contributed by atoms with E-state index in [4.69, 9.17) is 34.8 Å². The molecule has 0 saturated carbocycles. The van der Waals surface area contributed by atoms with E-state index in [2.05, 4.69) is 4.98 Å². The zero-order valence-electron chi connectivity index (χ0n) is 6.82. The molecule has 0 atom stereocenters. The third-order valence-corrected chi connectivity index (χ3v) is 2.33. The lowest BCUT2D eigenvalue weighted by molar-refractivity contribution is 1.18. The number of pyridine rings is 1. The number of aromatic nitrogens is 2. The summed E-state index contributed by atoms with van der Waals surface area (Å²) in [4.78, 5) is 3.60. The van der Waals surface area contributed by atoms with Gasteiger partial charge in [-0.25, -0.2) is 4.98 Å². The lowest BCUT2D eigenvalue weighted by Gasteiger charge is -1.91. The fraction of sp³-hybridized carbons (Fsp3) is 0.125. The summed E-state index contributed by atoms with van der Waals surface area (Å²) in [5.74, 6) is 0. The first-order chi connectivity index (χ1) is 6.16. The average Bonchev–Trinajstić information content (AvgIpc) is 2.46. The Morgan fingerprint density at radius 3 is 2.57 bits per heavy atom. The molecule has 2 nitrogen and oxygen atoms in total. The molecule has 0 bridgehead atoms. The van der Waals surface area contributed by atoms with Crippen LogP contribution in [-0.2, 0) is 0 Å². The summed E-state index contributed by atoms with van der Waals surface area (Å²) in [5, 5.41) is 0.650. The Labute approximate surface area is 102 Å². The van der Waals surface area contributed by atoms with E-state index in [0.717, 1.165) is 5.65 Å². The van der Waals surface area contributed by atoms with Gasteiger partial charge in [-0.3, -0.25) is 0 Å². The van der Waals surface area contributed by atoms with E-state index < -0.39 is 4.84 Å². The SMILES string of the molecule is Cl.Clc1ccc2nc(C(Cl)Cl)cn2c1. The van der Waals surface area contributed by atoms with E-state index in [-0.39, 0.29) is 12.4 Å². The normalized spacial score (nSPS) is 10.6. The summed E-state index contributed by atoms with van der Waals surface area (Å²) in [6.07, 6.45) is 3.51. The summed E-state index contributed by atoms with van der Waals surface area (Å²) >= 11 is 17.1. The van der Waals surface area contributed by atoms with Crippen molar-refractivity contribution in [3.63, 3.8) is 0 Å². The number of hydrogen-bond donors (Lipinski definition) is 0. The van der Waals surface area contributed by atoms with Gasteiger partial charge in [-0.15, -0.1) is 12.4 Å². The minimum absolute atomic E-state index is 0. The summed E-state index contributed by atoms with van der Waals surface area (Å²) in [7, 11) is 0. The second kappa shape index (κ2) is 4.58. The number of halogens is 4. The van der Waals surface area contributed by atoms with E-state index in [1.807, 2.05) is 6.07 Å². The Morgan fingerprint density at radius 1 is 1.21 bits per heavy atom. The van der Waals surface area contributed by atoms with Gasteiger partial charge in [0, 0.05) is 12.4 Å². The summed E-state index contributed by atoms with van der Waals surface area (Å²) in [5.41, 5.74) is 1.41. The maximum Gasteiger partial charge on any atom is 0.151 e. The molecule has 0 saturated heterocycles. The summed E-state index contributed by atoms with van der Waals surface area (Å²) in [6, 6.07) is 3.58. The van der Waals surface area contributed by atoms with Crippen LogP contribution in [0.2, 0.25) is 5.02 Å². The van der Waals surface area contributed by atoms with Crippen LogP contribution in [0.3, 0.4) is 0 Å². The van der Waals surface area contributed by atoms with E-state index >= 15 is 0 Å². The molecule has 0 amide bonds. The highest BCUT2D eigenvalue weighted by atomic mass is 35.5. The minimum Gasteiger partial charge on any atom is -0.305 e. The standard InChI is InChI=1S/C8H5Cl3N2.ClH/c9-5-1-2-7-12-6(8(10)11)4-13(7)3-5;/h1-4,8H;1H. The Morgan fingerprint density at radius 2 is 1.93 bits per heavy atom. The number of fused-ring (bicyclic) bond motifs is 1. The van der Waals surface area contributed by atoms with Crippen molar-refractivity contribution in [2.45, 2.75) is 4.84 Å². The number of imidazole rings is 1. The lowest BCUT2D eigenvalue weighted by Crippen LogP contribution is -1.79. The lowest BCUT2D eigenvalue weighted by atomic mass is 10.5. The van der Waals surface area contributed by atoms with Crippen molar-refractivity contribution in [2.24, 2.45) is 0 Å². The van der Waals surface area contributed by atoms with Crippen molar-refractivity contribution in [1.29, 1.82) is 0 Å². The maximum absolute atomic E-state index is 5.79. The van der Waals surface area contributed by atoms with Crippen LogP contribution in [0, 0.1) is 0 Å². The molecule has 0 unspecified atom stereocenters. The molecule has 2 rings (SSSR count). The fourth-order valence-corrected chi connectivity index (χ4v) is 1.47. The molecular weight excluding hydrogens is 266 g/mol. The molecule has 2 aromatic heterocycles. The van der Waals surface area contributed by atoms with Crippen LogP contribution in [0.5, 0.6) is 0 Å². The molecule has 0 aliphatic heterocycles. The van der Waals surface area contributed by atoms with Gasteiger partial charge in [0.1, 0.15) is 5.65 Å². The van der Waals surface area contributed by atoms with Gasteiger partial charge >= 0.3 is 0 Å². The van der Waals surface area contributed by atoms with Crippen molar-refractivity contribution < 1.29 is 0 Å². The van der Waals surface area contributed by atoms with Crippen LogP contribution in [0.15, 0.2) is 24.5 Å². The molecule has 2 heterocycles. The number of rotatable bonds is 1. The largest absolute Gasteiger partial charge is 0.305 e. The molecule has 0 aliphatic carbocycles. The molecule has 0 fully saturated rings. The van der Waals surface area contributed by atoms with Crippen LogP contribution in [0.25, 0.3) is 5.65 Å². The van der Waals surface area contributed by atoms with Gasteiger partial charge < -0.3 is 4.40 Å². The highest BCUT2D eigenvalue weighted by Crippen LogP contribution is 2.24. The Bertz CT molecular complexity index is 438. The van der Waals surface area contributed by atoms with Crippen molar-refractivity contribution in [3.05, 3.63) is 35.2 Å². The second-order valence-corrected chi connectivity index (χ2v) is 4.11. The zero-order chi connectivity index (χ0) is 9.42. The zero-order valence-corrected chi connectivity index (χ0v) is 9.91. The fourth-order valence-electron chi connectivity index (χ4n) is 1.09. The first-order valence-corrected chi connectivity index (χ1v) is 4.84. The smallest absolute Gasteiger partial charge is 0.151 e. The van der Waals surface area contributed by atoms with Gasteiger partial charge in [-0.05, 0) is 12.1 Å². The monoisotopic (exact) mass is 270 g/mol. The highest BCUT2D eigenvalue weighted by Gasteiger charge is 2.08. The summed E-state index contributed by atoms with van der Waals surface area (Å²) < 4.78 is 1.79. The molecule has 0 radical (unpaired) electrons. The molecule has 6 heteroatoms. The van der Waals surface area contributed by atoms with E-state index in [1.54, 1.807) is 22.9 Å². The summed E-state index contributed by atoms with van der Waals surface area (Å²) in [6.45, 7) is 0. The van der Waals surface area contributed by atoms with Crippen LogP contribution in [0.1, 0.15) is 10.5 Å². The second-order valence-electron chi connectivity index (χ2n) is 2.58. The van der Waals surface area contributed by atoms with Gasteiger partial charge in [0.2, 0.25) is 0 Å². The van der Waals surface area contributed by atoms with Crippen molar-refractivity contribution in [2.75, 3.05) is 0 Å². The minimum atomic E-state index is -0.598. The van der Waals surface area contributed by atoms with Crippen LogP contribution in [-0.4, -0.2) is 9.38 Å². The number of hydrogen-bond acceptors (Lipinski definition) is 1. The number of alkyl halides is 2. The molecule has 2 aromatic rings. The third-order valence-electron chi connectivity index (χ3n) is 1.66. The maximum atomic E-state index is 5.79. The number of nitrogens with zero attached hydrogens (tertiary/aromatic N) is 2. The van der Waals surface area contributed by atoms with E-state index in [9.17, 15) is 0 Å². The predicted molar refractivity (Wildman–Crippen MR) is 61.9 cm³/mol. The molecule has 0 aromatic carbocycles. The van der Waals surface area contributed by atoms with Crippen LogP contribution in [0.4, 0.5) is 0 Å². The van der Waals surface area contributed by atoms with Gasteiger partial charge in [0.15, 0.2) is 4.84 Å².